The molecule has 0 unspecified atom stereocenters. The van der Waals surface area contributed by atoms with Crippen LogP contribution in [0.15, 0.2) is 53.3 Å². The van der Waals surface area contributed by atoms with Gasteiger partial charge in [0.1, 0.15) is 5.75 Å². The second-order valence-electron chi connectivity index (χ2n) is 9.48. The fourth-order valence-corrected chi connectivity index (χ4v) is 5.56. The Hall–Kier alpha value is -3.65. The molecule has 1 amide bonds. The summed E-state index contributed by atoms with van der Waals surface area (Å²) in [4.78, 5) is 23.2. The first-order valence-corrected chi connectivity index (χ1v) is 13.8. The zero-order valence-corrected chi connectivity index (χ0v) is 23.8. The van der Waals surface area contributed by atoms with Crippen molar-refractivity contribution in [2.45, 2.75) is 46.0 Å². The Kier molecular flexibility index (Phi) is 7.51. The minimum absolute atomic E-state index is 0.0760. The average Bonchev–Trinajstić information content (AvgIpc) is 3.13. The maximum atomic E-state index is 13.7. The zero-order valence-electron chi connectivity index (χ0n) is 22.2. The van der Waals surface area contributed by atoms with E-state index in [9.17, 15) is 4.79 Å². The van der Waals surface area contributed by atoms with Crippen LogP contribution >= 0.6 is 15.9 Å². The number of nitrogens with zero attached hydrogens (tertiary/aromatic N) is 3. The molecule has 38 heavy (non-hydrogen) atoms. The van der Waals surface area contributed by atoms with Gasteiger partial charge in [-0.05, 0) is 72.6 Å². The van der Waals surface area contributed by atoms with Crippen LogP contribution in [0, 0.1) is 0 Å². The van der Waals surface area contributed by atoms with Crippen molar-refractivity contribution in [3.8, 4) is 17.1 Å². The molecule has 196 valence electrons. The minimum Gasteiger partial charge on any atom is -0.495 e. The lowest BCUT2D eigenvalue weighted by atomic mass is 10.0. The van der Waals surface area contributed by atoms with Gasteiger partial charge in [-0.15, -0.1) is 0 Å². The van der Waals surface area contributed by atoms with Gasteiger partial charge in [0.25, 0.3) is 5.91 Å². The van der Waals surface area contributed by atoms with Crippen LogP contribution in [0.4, 0.5) is 17.3 Å². The second kappa shape index (κ2) is 11.0. The normalized spacial score (nSPS) is 12.3. The number of carbonyl (C=O) groups excluding carboxylic acids is 1. The average molecular weight is 575 g/mol. The molecule has 2 N–H and O–H groups in total. The topological polar surface area (TPSA) is 81.1 Å². The van der Waals surface area contributed by atoms with Crippen molar-refractivity contribution in [2.75, 3.05) is 17.7 Å². The Balaban J connectivity index is 1.52. The molecule has 0 fully saturated rings. The number of hydrogen-bond acceptors (Lipinski definition) is 5. The number of anilines is 3. The highest BCUT2D eigenvalue weighted by atomic mass is 79.9. The molecule has 2 aromatic heterocycles. The summed E-state index contributed by atoms with van der Waals surface area (Å²) >= 11 is 3.48. The van der Waals surface area contributed by atoms with E-state index in [2.05, 4.69) is 63.6 Å². The summed E-state index contributed by atoms with van der Waals surface area (Å²) in [5.41, 5.74) is 8.65. The maximum absolute atomic E-state index is 13.7. The lowest BCUT2D eigenvalue weighted by Gasteiger charge is -2.15. The molecule has 0 aliphatic heterocycles. The molecular weight excluding hydrogens is 542 g/mol. The molecule has 1 aliphatic rings. The van der Waals surface area contributed by atoms with Gasteiger partial charge in [0, 0.05) is 29.6 Å². The van der Waals surface area contributed by atoms with Gasteiger partial charge < -0.3 is 19.9 Å². The lowest BCUT2D eigenvalue weighted by molar-refractivity contribution is 0.102. The van der Waals surface area contributed by atoms with Gasteiger partial charge in [-0.1, -0.05) is 48.0 Å². The fraction of sp³-hybridized carbons (Fsp3) is 0.300. The lowest BCUT2D eigenvalue weighted by Crippen LogP contribution is -2.16. The van der Waals surface area contributed by atoms with Crippen LogP contribution in [-0.4, -0.2) is 27.6 Å². The third kappa shape index (κ3) is 4.92. The molecule has 0 saturated heterocycles. The summed E-state index contributed by atoms with van der Waals surface area (Å²) in [6, 6.07) is 12.0. The van der Waals surface area contributed by atoms with E-state index >= 15 is 0 Å². The highest BCUT2D eigenvalue weighted by Gasteiger charge is 2.26. The van der Waals surface area contributed by atoms with E-state index in [1.54, 1.807) is 7.11 Å². The van der Waals surface area contributed by atoms with Crippen LogP contribution in [0.3, 0.4) is 0 Å². The molecule has 0 atom stereocenters. The number of para-hydroxylation sites is 1. The van der Waals surface area contributed by atoms with Crippen LogP contribution in [0.2, 0.25) is 0 Å². The smallest absolute Gasteiger partial charge is 0.257 e. The van der Waals surface area contributed by atoms with Gasteiger partial charge in [0.05, 0.1) is 29.7 Å². The standard InChI is InChI=1S/C30H32BrN5O2/c1-5-18-9-7-10-19(6-2)26(18)34-29(37)23-17-36(3)28-22(23)12-8-11-20-16-32-30(35-27(20)28)33-24-14-13-21(31)15-25(24)38-4/h7,9-10,13-17H,5-6,8,11-12H2,1-4H3,(H,34,37)(H,32,33,35). The predicted molar refractivity (Wildman–Crippen MR) is 156 cm³/mol. The predicted octanol–water partition coefficient (Wildman–Crippen LogP) is 6.86. The molecule has 5 rings (SSSR count). The summed E-state index contributed by atoms with van der Waals surface area (Å²) in [6.45, 7) is 4.23. The van der Waals surface area contributed by atoms with Crippen molar-refractivity contribution in [1.29, 1.82) is 0 Å². The van der Waals surface area contributed by atoms with Crippen molar-refractivity contribution in [2.24, 2.45) is 7.05 Å². The van der Waals surface area contributed by atoms with E-state index in [0.29, 0.717) is 17.3 Å². The molecule has 2 heterocycles. The van der Waals surface area contributed by atoms with E-state index in [-0.39, 0.29) is 5.91 Å². The molecule has 2 aromatic carbocycles. The Morgan fingerprint density at radius 2 is 1.89 bits per heavy atom. The number of ether oxygens (including phenoxy) is 1. The number of carbonyl (C=O) groups is 1. The van der Waals surface area contributed by atoms with Crippen LogP contribution in [0.25, 0.3) is 11.4 Å². The summed E-state index contributed by atoms with van der Waals surface area (Å²) in [5, 5.41) is 6.55. The van der Waals surface area contributed by atoms with Gasteiger partial charge >= 0.3 is 0 Å². The zero-order chi connectivity index (χ0) is 26.8. The molecular formula is C30H32BrN5O2. The van der Waals surface area contributed by atoms with Crippen molar-refractivity contribution < 1.29 is 9.53 Å². The summed E-state index contributed by atoms with van der Waals surface area (Å²) in [7, 11) is 3.62. The van der Waals surface area contributed by atoms with E-state index in [1.165, 1.54) is 0 Å². The first-order valence-electron chi connectivity index (χ1n) is 13.0. The molecule has 1 aliphatic carbocycles. The van der Waals surface area contributed by atoms with E-state index < -0.39 is 0 Å². The van der Waals surface area contributed by atoms with Gasteiger partial charge in [0.15, 0.2) is 0 Å². The number of halogens is 1. The number of hydrogen-bond donors (Lipinski definition) is 2. The fourth-order valence-electron chi connectivity index (χ4n) is 5.22. The number of benzene rings is 2. The largest absolute Gasteiger partial charge is 0.495 e. The number of fused-ring (bicyclic) bond motifs is 3. The molecule has 0 bridgehead atoms. The Morgan fingerprint density at radius 3 is 2.61 bits per heavy atom. The van der Waals surface area contributed by atoms with E-state index in [4.69, 9.17) is 9.72 Å². The number of rotatable bonds is 7. The van der Waals surface area contributed by atoms with Crippen molar-refractivity contribution in [3.05, 3.63) is 81.1 Å². The number of amides is 1. The number of nitrogens with one attached hydrogen (secondary N) is 2. The van der Waals surface area contributed by atoms with E-state index in [1.807, 2.05) is 42.2 Å². The first kappa shape index (κ1) is 26.0. The molecule has 0 radical (unpaired) electrons. The highest BCUT2D eigenvalue weighted by Crippen LogP contribution is 2.36. The minimum atomic E-state index is -0.0760. The van der Waals surface area contributed by atoms with Crippen molar-refractivity contribution in [3.63, 3.8) is 0 Å². The molecule has 8 heteroatoms. The third-order valence-corrected chi connectivity index (χ3v) is 7.63. The van der Waals surface area contributed by atoms with Gasteiger partial charge in [-0.2, -0.15) is 0 Å². The molecule has 4 aromatic rings. The van der Waals surface area contributed by atoms with Crippen LogP contribution in [-0.2, 0) is 32.7 Å². The van der Waals surface area contributed by atoms with Gasteiger partial charge in [0.2, 0.25) is 5.95 Å². The van der Waals surface area contributed by atoms with Gasteiger partial charge in [-0.25, -0.2) is 9.97 Å². The first-order chi connectivity index (χ1) is 18.4. The quantitative estimate of drug-likeness (QED) is 0.252. The van der Waals surface area contributed by atoms with Crippen LogP contribution in [0.5, 0.6) is 5.75 Å². The monoisotopic (exact) mass is 573 g/mol. The highest BCUT2D eigenvalue weighted by molar-refractivity contribution is 9.10. The SMILES string of the molecule is CCc1cccc(CC)c1NC(=O)c1cn(C)c2c1CCCc1cnc(Nc3ccc(Br)cc3OC)nc1-2. The van der Waals surface area contributed by atoms with Gasteiger partial charge in [-0.3, -0.25) is 4.79 Å². The third-order valence-electron chi connectivity index (χ3n) is 7.14. The number of aromatic nitrogens is 3. The van der Waals surface area contributed by atoms with Crippen LogP contribution < -0.4 is 15.4 Å². The molecule has 0 spiro atoms. The van der Waals surface area contributed by atoms with E-state index in [0.717, 1.165) is 81.6 Å². The van der Waals surface area contributed by atoms with Crippen molar-refractivity contribution >= 4 is 39.2 Å². The molecule has 0 saturated carbocycles. The summed E-state index contributed by atoms with van der Waals surface area (Å²) in [5.74, 6) is 1.09. The number of aryl methyl sites for hydroxylation is 4. The number of methoxy groups -OCH3 is 1. The Bertz CT molecular complexity index is 1490. The Morgan fingerprint density at radius 1 is 1.13 bits per heavy atom. The Labute approximate surface area is 231 Å². The summed E-state index contributed by atoms with van der Waals surface area (Å²) < 4.78 is 8.47. The molecule has 7 nitrogen and oxygen atoms in total. The second-order valence-corrected chi connectivity index (χ2v) is 10.4. The van der Waals surface area contributed by atoms with Crippen LogP contribution in [0.1, 0.15) is 52.9 Å². The maximum Gasteiger partial charge on any atom is 0.257 e. The van der Waals surface area contributed by atoms with Crippen molar-refractivity contribution in [1.82, 2.24) is 14.5 Å². The summed E-state index contributed by atoms with van der Waals surface area (Å²) in [6.07, 6.45) is 8.12.